The minimum Gasteiger partial charge on any atom is -0.308 e. The Balaban J connectivity index is 1.88. The average molecular weight is 279 g/mol. The van der Waals surface area contributed by atoms with Crippen molar-refractivity contribution < 1.29 is 0 Å². The van der Waals surface area contributed by atoms with E-state index in [0.29, 0.717) is 0 Å². The molecular weight excluding hydrogens is 258 g/mol. The monoisotopic (exact) mass is 279 g/mol. The van der Waals surface area contributed by atoms with Gasteiger partial charge in [-0.05, 0) is 46.4 Å². The molecule has 0 aliphatic heterocycles. The summed E-state index contributed by atoms with van der Waals surface area (Å²) < 4.78 is 0. The molecule has 1 nitrogen and oxygen atoms in total. The zero-order chi connectivity index (χ0) is 13.2. The number of nitrogens with one attached hydrogen (secondary N) is 1. The van der Waals surface area contributed by atoms with E-state index in [1.165, 1.54) is 20.9 Å². The summed E-state index contributed by atoms with van der Waals surface area (Å²) in [5.74, 6) is 0. The number of aryl methyl sites for hydroxylation is 1. The fourth-order valence-corrected chi connectivity index (χ4v) is 3.66. The SMILES string of the molecule is Cc1cscc1CNCc1ccc(C(C)(C)C)s1. The second kappa shape index (κ2) is 5.55. The predicted molar refractivity (Wildman–Crippen MR) is 82.6 cm³/mol. The molecule has 3 heteroatoms. The molecule has 0 saturated heterocycles. The normalized spacial score (nSPS) is 12.0. The summed E-state index contributed by atoms with van der Waals surface area (Å²) >= 11 is 3.70. The van der Waals surface area contributed by atoms with E-state index in [4.69, 9.17) is 0 Å². The largest absolute Gasteiger partial charge is 0.308 e. The molecular formula is C15H21NS2. The topological polar surface area (TPSA) is 12.0 Å². The van der Waals surface area contributed by atoms with Gasteiger partial charge in [0.25, 0.3) is 0 Å². The van der Waals surface area contributed by atoms with Crippen molar-refractivity contribution in [2.24, 2.45) is 0 Å². The van der Waals surface area contributed by atoms with Crippen molar-refractivity contribution in [1.82, 2.24) is 5.32 Å². The van der Waals surface area contributed by atoms with E-state index in [1.807, 2.05) is 11.3 Å². The van der Waals surface area contributed by atoms with Gasteiger partial charge in [0.05, 0.1) is 0 Å². The Morgan fingerprint density at radius 1 is 1.11 bits per heavy atom. The van der Waals surface area contributed by atoms with Crippen molar-refractivity contribution in [1.29, 1.82) is 0 Å². The minimum atomic E-state index is 0.271. The first-order valence-corrected chi connectivity index (χ1v) is 8.04. The van der Waals surface area contributed by atoms with Crippen LogP contribution in [0.25, 0.3) is 0 Å². The Morgan fingerprint density at radius 2 is 1.89 bits per heavy atom. The summed E-state index contributed by atoms with van der Waals surface area (Å²) in [6.07, 6.45) is 0. The number of rotatable bonds is 4. The Kier molecular flexibility index (Phi) is 4.25. The van der Waals surface area contributed by atoms with Gasteiger partial charge in [-0.2, -0.15) is 11.3 Å². The van der Waals surface area contributed by atoms with Crippen molar-refractivity contribution in [3.05, 3.63) is 43.8 Å². The third-order valence-corrected chi connectivity index (χ3v) is 5.40. The van der Waals surface area contributed by atoms with Crippen molar-refractivity contribution in [3.63, 3.8) is 0 Å². The Hall–Kier alpha value is -0.640. The molecule has 98 valence electrons. The van der Waals surface area contributed by atoms with Crippen molar-refractivity contribution in [2.45, 2.75) is 46.2 Å². The maximum Gasteiger partial charge on any atom is 0.0303 e. The lowest BCUT2D eigenvalue weighted by Gasteiger charge is -2.15. The third kappa shape index (κ3) is 3.44. The molecule has 0 aromatic carbocycles. The van der Waals surface area contributed by atoms with Crippen LogP contribution in [-0.2, 0) is 18.5 Å². The lowest BCUT2D eigenvalue weighted by molar-refractivity contribution is 0.604. The summed E-state index contributed by atoms with van der Waals surface area (Å²) in [5, 5.41) is 7.97. The van der Waals surface area contributed by atoms with Crippen LogP contribution in [0.1, 0.15) is 41.7 Å². The van der Waals surface area contributed by atoms with Gasteiger partial charge < -0.3 is 5.32 Å². The zero-order valence-electron chi connectivity index (χ0n) is 11.5. The summed E-state index contributed by atoms with van der Waals surface area (Å²) in [7, 11) is 0. The molecule has 18 heavy (non-hydrogen) atoms. The maximum atomic E-state index is 3.53. The van der Waals surface area contributed by atoms with Crippen LogP contribution in [0, 0.1) is 6.92 Å². The van der Waals surface area contributed by atoms with Gasteiger partial charge in [-0.15, -0.1) is 11.3 Å². The van der Waals surface area contributed by atoms with Crippen LogP contribution < -0.4 is 5.32 Å². The van der Waals surface area contributed by atoms with Gasteiger partial charge >= 0.3 is 0 Å². The van der Waals surface area contributed by atoms with E-state index in [9.17, 15) is 0 Å². The quantitative estimate of drug-likeness (QED) is 0.855. The van der Waals surface area contributed by atoms with Crippen LogP contribution in [0.2, 0.25) is 0 Å². The standard InChI is InChI=1S/C15H21NS2/c1-11-9-17-10-12(11)7-16-8-13-5-6-14(18-13)15(2,3)4/h5-6,9-10,16H,7-8H2,1-4H3. The van der Waals surface area contributed by atoms with E-state index in [0.717, 1.165) is 13.1 Å². The fraction of sp³-hybridized carbons (Fsp3) is 0.467. The van der Waals surface area contributed by atoms with Gasteiger partial charge in [0.15, 0.2) is 0 Å². The molecule has 0 unspecified atom stereocenters. The smallest absolute Gasteiger partial charge is 0.0303 e. The third-order valence-electron chi connectivity index (χ3n) is 2.98. The van der Waals surface area contributed by atoms with Crippen LogP contribution in [0.15, 0.2) is 22.9 Å². The Labute approximate surface area is 118 Å². The molecule has 2 aromatic rings. The minimum absolute atomic E-state index is 0.271. The van der Waals surface area contributed by atoms with E-state index >= 15 is 0 Å². The molecule has 0 bridgehead atoms. The van der Waals surface area contributed by atoms with Crippen molar-refractivity contribution in [3.8, 4) is 0 Å². The lowest BCUT2D eigenvalue weighted by Crippen LogP contribution is -2.12. The molecule has 0 radical (unpaired) electrons. The van der Waals surface area contributed by atoms with E-state index in [2.05, 4.69) is 55.9 Å². The first kappa shape index (κ1) is 13.8. The summed E-state index contributed by atoms with van der Waals surface area (Å²) in [5.41, 5.74) is 3.09. The highest BCUT2D eigenvalue weighted by Crippen LogP contribution is 2.29. The van der Waals surface area contributed by atoms with Gasteiger partial charge in [-0.1, -0.05) is 20.8 Å². The first-order chi connectivity index (χ1) is 8.47. The van der Waals surface area contributed by atoms with Crippen LogP contribution in [0.4, 0.5) is 0 Å². The average Bonchev–Trinajstić information content (AvgIpc) is 2.88. The van der Waals surface area contributed by atoms with Gasteiger partial charge in [-0.3, -0.25) is 0 Å². The molecule has 0 aliphatic carbocycles. The lowest BCUT2D eigenvalue weighted by atomic mass is 9.95. The maximum absolute atomic E-state index is 3.53. The van der Waals surface area contributed by atoms with E-state index in [-0.39, 0.29) is 5.41 Å². The molecule has 2 rings (SSSR count). The number of thiophene rings is 2. The number of hydrogen-bond acceptors (Lipinski definition) is 3. The fourth-order valence-electron chi connectivity index (χ4n) is 1.76. The van der Waals surface area contributed by atoms with Crippen LogP contribution >= 0.6 is 22.7 Å². The Bertz CT molecular complexity index is 503. The molecule has 0 spiro atoms. The second-order valence-corrected chi connectivity index (χ2v) is 7.61. The molecule has 2 aromatic heterocycles. The summed E-state index contributed by atoms with van der Waals surface area (Å²) in [6, 6.07) is 4.51. The van der Waals surface area contributed by atoms with Crippen molar-refractivity contribution >= 4 is 22.7 Å². The zero-order valence-corrected chi connectivity index (χ0v) is 13.2. The van der Waals surface area contributed by atoms with Gasteiger partial charge in [-0.25, -0.2) is 0 Å². The molecule has 0 amide bonds. The van der Waals surface area contributed by atoms with Crippen LogP contribution in [-0.4, -0.2) is 0 Å². The Morgan fingerprint density at radius 3 is 2.44 bits per heavy atom. The van der Waals surface area contributed by atoms with Crippen molar-refractivity contribution in [2.75, 3.05) is 0 Å². The van der Waals surface area contributed by atoms with Gasteiger partial charge in [0, 0.05) is 22.8 Å². The van der Waals surface area contributed by atoms with Crippen LogP contribution in [0.5, 0.6) is 0 Å². The predicted octanol–water partition coefficient (Wildman–Crippen LogP) is 4.71. The number of hydrogen-bond donors (Lipinski definition) is 1. The van der Waals surface area contributed by atoms with Crippen LogP contribution in [0.3, 0.4) is 0 Å². The van der Waals surface area contributed by atoms with Gasteiger partial charge in [0.2, 0.25) is 0 Å². The molecule has 0 fully saturated rings. The molecule has 0 aliphatic rings. The van der Waals surface area contributed by atoms with E-state index in [1.54, 1.807) is 11.3 Å². The van der Waals surface area contributed by atoms with Gasteiger partial charge in [0.1, 0.15) is 0 Å². The first-order valence-electron chi connectivity index (χ1n) is 6.28. The highest BCUT2D eigenvalue weighted by Gasteiger charge is 2.15. The second-order valence-electron chi connectivity index (χ2n) is 5.70. The van der Waals surface area contributed by atoms with E-state index < -0.39 is 0 Å². The molecule has 2 heterocycles. The summed E-state index contributed by atoms with van der Waals surface area (Å²) in [4.78, 5) is 2.89. The summed E-state index contributed by atoms with van der Waals surface area (Å²) in [6.45, 7) is 10.9. The highest BCUT2D eigenvalue weighted by molar-refractivity contribution is 7.12. The highest BCUT2D eigenvalue weighted by atomic mass is 32.1. The molecule has 1 N–H and O–H groups in total. The molecule has 0 atom stereocenters. The molecule has 0 saturated carbocycles.